The zero-order valence-electron chi connectivity index (χ0n) is 19.5. The van der Waals surface area contributed by atoms with Crippen LogP contribution in [0.2, 0.25) is 0 Å². The van der Waals surface area contributed by atoms with E-state index in [1.165, 1.54) is 0 Å². The predicted molar refractivity (Wildman–Crippen MR) is 128 cm³/mol. The van der Waals surface area contributed by atoms with Crippen molar-refractivity contribution in [2.75, 3.05) is 6.61 Å². The molecule has 2 aliphatic rings. The summed E-state index contributed by atoms with van der Waals surface area (Å²) in [6.45, 7) is 1.90. The molecule has 1 saturated carbocycles. The molecule has 1 fully saturated rings. The summed E-state index contributed by atoms with van der Waals surface area (Å²) in [5.74, 6) is -1.47. The maximum atomic E-state index is 12.5. The molecule has 0 aromatic heterocycles. The van der Waals surface area contributed by atoms with Crippen molar-refractivity contribution in [1.82, 2.24) is 10.6 Å². The number of carbonyl (C=O) groups is 3. The molecule has 0 heterocycles. The fourth-order valence-corrected chi connectivity index (χ4v) is 5.25. The maximum absolute atomic E-state index is 12.5. The predicted octanol–water partition coefficient (Wildman–Crippen LogP) is 4.45. The van der Waals surface area contributed by atoms with E-state index in [9.17, 15) is 19.5 Å². The minimum absolute atomic E-state index is 0.0132. The number of rotatable bonds is 8. The normalized spacial score (nSPS) is 17.2. The van der Waals surface area contributed by atoms with Gasteiger partial charge in [0.05, 0.1) is 0 Å². The van der Waals surface area contributed by atoms with Crippen LogP contribution in [0.1, 0.15) is 62.5 Å². The van der Waals surface area contributed by atoms with Crippen LogP contribution >= 0.6 is 0 Å². The fourth-order valence-electron chi connectivity index (χ4n) is 5.25. The van der Waals surface area contributed by atoms with Crippen molar-refractivity contribution in [2.24, 2.45) is 5.92 Å². The lowest BCUT2D eigenvalue weighted by Gasteiger charge is -2.28. The number of carboxylic acids is 1. The standard InChI is InChI=1S/C27H32N2O5/c1-17(15-24(30)29-25(26(31)32)18-9-3-2-4-10-18)28-27(33)34-16-23-21-13-7-5-11-19(21)20-12-6-8-14-22(20)23/h5-8,11-14,17-18,23,25H,2-4,9-10,15-16H2,1H3,(H,28,33)(H,29,30)(H,31,32)/t17-,25?/m0/s1. The van der Waals surface area contributed by atoms with E-state index in [0.717, 1.165) is 54.4 Å². The Bertz CT molecular complexity index is 1000. The summed E-state index contributed by atoms with van der Waals surface area (Å²) >= 11 is 0. The molecule has 34 heavy (non-hydrogen) atoms. The van der Waals surface area contributed by atoms with Crippen molar-refractivity contribution in [1.29, 1.82) is 0 Å². The Morgan fingerprint density at radius 3 is 2.12 bits per heavy atom. The van der Waals surface area contributed by atoms with Crippen molar-refractivity contribution in [3.8, 4) is 11.1 Å². The van der Waals surface area contributed by atoms with Crippen molar-refractivity contribution in [3.05, 3.63) is 59.7 Å². The largest absolute Gasteiger partial charge is 0.480 e. The van der Waals surface area contributed by atoms with Gasteiger partial charge in [-0.3, -0.25) is 4.79 Å². The van der Waals surface area contributed by atoms with Crippen LogP contribution in [0.15, 0.2) is 48.5 Å². The third kappa shape index (κ3) is 5.41. The van der Waals surface area contributed by atoms with Crippen LogP contribution < -0.4 is 10.6 Å². The highest BCUT2D eigenvalue weighted by Crippen LogP contribution is 2.44. The average Bonchev–Trinajstić information content (AvgIpc) is 3.15. The molecule has 2 amide bonds. The summed E-state index contributed by atoms with van der Waals surface area (Å²) in [7, 11) is 0. The van der Waals surface area contributed by atoms with Gasteiger partial charge < -0.3 is 20.5 Å². The first-order valence-corrected chi connectivity index (χ1v) is 12.1. The lowest BCUT2D eigenvalue weighted by Crippen LogP contribution is -2.48. The first-order valence-electron chi connectivity index (χ1n) is 12.1. The lowest BCUT2D eigenvalue weighted by molar-refractivity contribution is -0.144. The van der Waals surface area contributed by atoms with Crippen LogP contribution in [0.3, 0.4) is 0 Å². The molecule has 0 spiro atoms. The number of fused-ring (bicyclic) bond motifs is 3. The van der Waals surface area contributed by atoms with Crippen LogP contribution in [0.5, 0.6) is 0 Å². The minimum atomic E-state index is -1.00. The zero-order valence-corrected chi connectivity index (χ0v) is 19.5. The number of aliphatic carboxylic acids is 1. The molecule has 7 nitrogen and oxygen atoms in total. The average molecular weight is 465 g/mol. The van der Waals surface area contributed by atoms with Gasteiger partial charge in [-0.05, 0) is 47.9 Å². The highest BCUT2D eigenvalue weighted by Gasteiger charge is 2.31. The number of carbonyl (C=O) groups excluding carboxylic acids is 2. The quantitative estimate of drug-likeness (QED) is 0.535. The Morgan fingerprint density at radius 2 is 1.53 bits per heavy atom. The van der Waals surface area contributed by atoms with E-state index in [-0.39, 0.29) is 30.8 Å². The molecule has 4 rings (SSSR count). The minimum Gasteiger partial charge on any atom is -0.480 e. The van der Waals surface area contributed by atoms with Crippen LogP contribution in [-0.4, -0.2) is 41.8 Å². The summed E-state index contributed by atoms with van der Waals surface area (Å²) in [6.07, 6.45) is 4.10. The van der Waals surface area contributed by atoms with E-state index in [0.29, 0.717) is 0 Å². The van der Waals surface area contributed by atoms with Crippen LogP contribution in [0.4, 0.5) is 4.79 Å². The molecule has 0 bridgehead atoms. The molecule has 3 N–H and O–H groups in total. The monoisotopic (exact) mass is 464 g/mol. The Kier molecular flexibility index (Phi) is 7.50. The van der Waals surface area contributed by atoms with Gasteiger partial charge in [0.1, 0.15) is 12.6 Å². The van der Waals surface area contributed by atoms with E-state index < -0.39 is 24.1 Å². The number of hydrogen-bond donors (Lipinski definition) is 3. The fraction of sp³-hybridized carbons (Fsp3) is 0.444. The summed E-state index contributed by atoms with van der Waals surface area (Å²) in [5, 5.41) is 14.9. The molecule has 1 unspecified atom stereocenters. The first kappa shape index (κ1) is 23.8. The lowest BCUT2D eigenvalue weighted by atomic mass is 9.84. The van der Waals surface area contributed by atoms with Gasteiger partial charge in [0.2, 0.25) is 5.91 Å². The van der Waals surface area contributed by atoms with E-state index in [4.69, 9.17) is 4.74 Å². The van der Waals surface area contributed by atoms with E-state index in [2.05, 4.69) is 34.9 Å². The van der Waals surface area contributed by atoms with Gasteiger partial charge in [-0.2, -0.15) is 0 Å². The molecular formula is C27H32N2O5. The van der Waals surface area contributed by atoms with Gasteiger partial charge in [-0.1, -0.05) is 67.8 Å². The third-order valence-corrected chi connectivity index (χ3v) is 6.90. The number of carboxylic acid groups (broad SMARTS) is 1. The Labute approximate surface area is 199 Å². The number of nitrogens with one attached hydrogen (secondary N) is 2. The number of benzene rings is 2. The Morgan fingerprint density at radius 1 is 0.941 bits per heavy atom. The van der Waals surface area contributed by atoms with Crippen LogP contribution in [0.25, 0.3) is 11.1 Å². The topological polar surface area (TPSA) is 105 Å². The Hall–Kier alpha value is -3.35. The third-order valence-electron chi connectivity index (χ3n) is 6.90. The summed E-state index contributed by atoms with van der Waals surface area (Å²) in [5.41, 5.74) is 4.57. The maximum Gasteiger partial charge on any atom is 0.407 e. The molecule has 0 radical (unpaired) electrons. The molecule has 7 heteroatoms. The smallest absolute Gasteiger partial charge is 0.407 e. The van der Waals surface area contributed by atoms with E-state index >= 15 is 0 Å². The van der Waals surface area contributed by atoms with Crippen molar-refractivity contribution >= 4 is 18.0 Å². The molecular weight excluding hydrogens is 432 g/mol. The Balaban J connectivity index is 1.28. The summed E-state index contributed by atoms with van der Waals surface area (Å²) < 4.78 is 5.53. The van der Waals surface area contributed by atoms with Crippen LogP contribution in [-0.2, 0) is 14.3 Å². The second-order valence-corrected chi connectivity index (χ2v) is 9.36. The van der Waals surface area contributed by atoms with Gasteiger partial charge in [-0.15, -0.1) is 0 Å². The number of amides is 2. The second kappa shape index (κ2) is 10.7. The molecule has 2 aromatic rings. The van der Waals surface area contributed by atoms with Gasteiger partial charge in [0, 0.05) is 18.4 Å². The molecule has 2 atom stereocenters. The zero-order chi connectivity index (χ0) is 24.1. The number of alkyl carbamates (subject to hydrolysis) is 1. The highest BCUT2D eigenvalue weighted by atomic mass is 16.5. The van der Waals surface area contributed by atoms with E-state index in [1.54, 1.807) is 6.92 Å². The molecule has 0 aliphatic heterocycles. The van der Waals surface area contributed by atoms with Gasteiger partial charge >= 0.3 is 12.1 Å². The SMILES string of the molecule is C[C@@H](CC(=O)NC(C(=O)O)C1CCCCC1)NC(=O)OCC1c2ccccc2-c2ccccc21. The number of hydrogen-bond acceptors (Lipinski definition) is 4. The molecule has 2 aromatic carbocycles. The van der Waals surface area contributed by atoms with Crippen molar-refractivity contribution in [3.63, 3.8) is 0 Å². The van der Waals surface area contributed by atoms with Gasteiger partial charge in [0.25, 0.3) is 0 Å². The second-order valence-electron chi connectivity index (χ2n) is 9.36. The van der Waals surface area contributed by atoms with Crippen molar-refractivity contribution < 1.29 is 24.2 Å². The summed E-state index contributed by atoms with van der Waals surface area (Å²) in [4.78, 5) is 36.6. The van der Waals surface area contributed by atoms with Crippen LogP contribution in [0, 0.1) is 5.92 Å². The molecule has 2 aliphatic carbocycles. The van der Waals surface area contributed by atoms with Gasteiger partial charge in [0.15, 0.2) is 0 Å². The van der Waals surface area contributed by atoms with E-state index in [1.807, 2.05) is 24.3 Å². The van der Waals surface area contributed by atoms with Gasteiger partial charge in [-0.25, -0.2) is 9.59 Å². The molecule has 180 valence electrons. The molecule has 0 saturated heterocycles. The van der Waals surface area contributed by atoms with Crippen molar-refractivity contribution in [2.45, 2.75) is 63.5 Å². The highest BCUT2D eigenvalue weighted by molar-refractivity contribution is 5.84. The first-order chi connectivity index (χ1) is 16.4. The number of ether oxygens (including phenoxy) is 1. The summed E-state index contributed by atoms with van der Waals surface area (Å²) in [6, 6.07) is 14.9.